The molecule has 1 aromatic carbocycles. The van der Waals surface area contributed by atoms with E-state index in [0.29, 0.717) is 18.0 Å². The lowest BCUT2D eigenvalue weighted by Gasteiger charge is -2.26. The third-order valence-corrected chi connectivity index (χ3v) is 2.81. The molecular weight excluding hydrogens is 238 g/mol. The lowest BCUT2D eigenvalue weighted by atomic mass is 10.1. The molecule has 1 heterocycles. The quantitative estimate of drug-likeness (QED) is 0.912. The first-order valence-electron chi connectivity index (χ1n) is 6.13. The molecule has 2 rings (SSSR count). The summed E-state index contributed by atoms with van der Waals surface area (Å²) >= 11 is 0. The number of fused-ring (bicyclic) bond motifs is 1. The second-order valence-electron chi connectivity index (χ2n) is 5.13. The maximum Gasteiger partial charge on any atom is 0.145 e. The average Bonchev–Trinajstić information content (AvgIpc) is 2.37. The Morgan fingerprint density at radius 1 is 1.37 bits per heavy atom. The van der Waals surface area contributed by atoms with E-state index in [1.807, 2.05) is 44.2 Å². The molecule has 0 saturated heterocycles. The molecule has 4 nitrogen and oxygen atoms in total. The maximum atomic E-state index is 9.24. The molecule has 98 valence electrons. The molecule has 0 bridgehead atoms. The molecule has 0 amide bonds. The van der Waals surface area contributed by atoms with Gasteiger partial charge in [0.05, 0.1) is 23.2 Å². The predicted octanol–water partition coefficient (Wildman–Crippen LogP) is 2.94. The lowest BCUT2D eigenvalue weighted by molar-refractivity contribution is 0.158. The van der Waals surface area contributed by atoms with Crippen LogP contribution in [0.2, 0.25) is 0 Å². The first-order valence-corrected chi connectivity index (χ1v) is 6.13. The third-order valence-electron chi connectivity index (χ3n) is 2.81. The monoisotopic (exact) mass is 255 g/mol. The second kappa shape index (κ2) is 5.25. The predicted molar refractivity (Wildman–Crippen MR) is 76.0 cm³/mol. The summed E-state index contributed by atoms with van der Waals surface area (Å²) in [4.78, 5) is 4.52. The van der Waals surface area contributed by atoms with Crippen LogP contribution in [0, 0.1) is 11.3 Å². The standard InChI is InChI=1S/C15H17N3O/c1-15(2,10-19-3)18-14-12(9-16)8-11-6-4-5-7-13(11)17-14/h4-8H,10H2,1-3H3,(H,17,18). The molecular formula is C15H17N3O. The van der Waals surface area contributed by atoms with Gasteiger partial charge in [0.1, 0.15) is 11.9 Å². The molecule has 0 atom stereocenters. The van der Waals surface area contributed by atoms with Crippen molar-refractivity contribution in [3.63, 3.8) is 0 Å². The molecule has 0 spiro atoms. The van der Waals surface area contributed by atoms with Crippen LogP contribution >= 0.6 is 0 Å². The second-order valence-corrected chi connectivity index (χ2v) is 5.13. The maximum absolute atomic E-state index is 9.24. The normalized spacial score (nSPS) is 11.3. The van der Waals surface area contributed by atoms with Gasteiger partial charge in [0.15, 0.2) is 0 Å². The first kappa shape index (κ1) is 13.3. The van der Waals surface area contributed by atoms with Crippen molar-refractivity contribution < 1.29 is 4.74 Å². The number of nitriles is 1. The van der Waals surface area contributed by atoms with Crippen LogP contribution in [-0.2, 0) is 4.74 Å². The van der Waals surface area contributed by atoms with Crippen LogP contribution in [0.25, 0.3) is 10.9 Å². The van der Waals surface area contributed by atoms with Crippen molar-refractivity contribution in [2.45, 2.75) is 19.4 Å². The number of pyridine rings is 1. The van der Waals surface area contributed by atoms with Gasteiger partial charge in [-0.05, 0) is 26.0 Å². The molecule has 19 heavy (non-hydrogen) atoms. The number of para-hydroxylation sites is 1. The van der Waals surface area contributed by atoms with Gasteiger partial charge < -0.3 is 10.1 Å². The van der Waals surface area contributed by atoms with Gasteiger partial charge in [0.2, 0.25) is 0 Å². The zero-order chi connectivity index (χ0) is 13.9. The van der Waals surface area contributed by atoms with Crippen molar-refractivity contribution in [1.29, 1.82) is 5.26 Å². The third kappa shape index (κ3) is 3.01. The molecule has 2 aromatic rings. The highest BCUT2D eigenvalue weighted by atomic mass is 16.5. The van der Waals surface area contributed by atoms with E-state index in [1.165, 1.54) is 0 Å². The Bertz CT molecular complexity index is 629. The summed E-state index contributed by atoms with van der Waals surface area (Å²) in [6.45, 7) is 4.55. The van der Waals surface area contributed by atoms with E-state index in [-0.39, 0.29) is 5.54 Å². The minimum absolute atomic E-state index is 0.282. The molecule has 0 aliphatic carbocycles. The summed E-state index contributed by atoms with van der Waals surface area (Å²) in [6.07, 6.45) is 0. The number of hydrogen-bond acceptors (Lipinski definition) is 4. The Balaban J connectivity index is 2.45. The van der Waals surface area contributed by atoms with E-state index >= 15 is 0 Å². The van der Waals surface area contributed by atoms with Crippen LogP contribution in [0.4, 0.5) is 5.82 Å². The Morgan fingerprint density at radius 3 is 2.79 bits per heavy atom. The number of hydrogen-bond donors (Lipinski definition) is 1. The van der Waals surface area contributed by atoms with Crippen LogP contribution in [0.1, 0.15) is 19.4 Å². The number of methoxy groups -OCH3 is 1. The number of aromatic nitrogens is 1. The summed E-state index contributed by atoms with van der Waals surface area (Å²) in [5, 5.41) is 13.5. The SMILES string of the molecule is COCC(C)(C)Nc1nc2ccccc2cc1C#N. The van der Waals surface area contributed by atoms with Gasteiger partial charge in [-0.25, -0.2) is 4.98 Å². The molecule has 0 aliphatic heterocycles. The van der Waals surface area contributed by atoms with Gasteiger partial charge in [-0.3, -0.25) is 0 Å². The van der Waals surface area contributed by atoms with E-state index in [2.05, 4.69) is 16.4 Å². The van der Waals surface area contributed by atoms with Gasteiger partial charge in [-0.2, -0.15) is 5.26 Å². The Hall–Kier alpha value is -2.12. The van der Waals surface area contributed by atoms with Crippen LogP contribution in [0.15, 0.2) is 30.3 Å². The van der Waals surface area contributed by atoms with Gasteiger partial charge in [0.25, 0.3) is 0 Å². The van der Waals surface area contributed by atoms with Crippen LogP contribution in [0.5, 0.6) is 0 Å². The molecule has 0 radical (unpaired) electrons. The lowest BCUT2D eigenvalue weighted by Crippen LogP contribution is -2.36. The number of nitrogens with zero attached hydrogens (tertiary/aromatic N) is 2. The fraction of sp³-hybridized carbons (Fsp3) is 0.333. The topological polar surface area (TPSA) is 57.9 Å². The van der Waals surface area contributed by atoms with Crippen molar-refractivity contribution in [2.24, 2.45) is 0 Å². The summed E-state index contributed by atoms with van der Waals surface area (Å²) in [5.41, 5.74) is 1.13. The van der Waals surface area contributed by atoms with E-state index in [9.17, 15) is 5.26 Å². The molecule has 0 unspecified atom stereocenters. The Morgan fingerprint density at radius 2 is 2.11 bits per heavy atom. The summed E-state index contributed by atoms with van der Waals surface area (Å²) in [7, 11) is 1.66. The largest absolute Gasteiger partial charge is 0.382 e. The molecule has 4 heteroatoms. The summed E-state index contributed by atoms with van der Waals surface area (Å²) in [5.74, 6) is 0.600. The van der Waals surface area contributed by atoms with Gasteiger partial charge in [-0.15, -0.1) is 0 Å². The first-order chi connectivity index (χ1) is 9.05. The fourth-order valence-electron chi connectivity index (χ4n) is 2.01. The Labute approximate surface area is 113 Å². The van der Waals surface area contributed by atoms with Crippen molar-refractivity contribution in [3.8, 4) is 6.07 Å². The molecule has 0 aliphatic rings. The average molecular weight is 255 g/mol. The summed E-state index contributed by atoms with van der Waals surface area (Å²) in [6, 6.07) is 11.8. The highest BCUT2D eigenvalue weighted by Crippen LogP contribution is 2.22. The van der Waals surface area contributed by atoms with E-state index in [0.717, 1.165) is 10.9 Å². The van der Waals surface area contributed by atoms with Crippen LogP contribution in [0.3, 0.4) is 0 Å². The van der Waals surface area contributed by atoms with Crippen molar-refractivity contribution in [3.05, 3.63) is 35.9 Å². The molecule has 0 fully saturated rings. The molecule has 1 N–H and O–H groups in total. The minimum Gasteiger partial charge on any atom is -0.382 e. The number of nitrogens with one attached hydrogen (secondary N) is 1. The van der Waals surface area contributed by atoms with Crippen molar-refractivity contribution >= 4 is 16.7 Å². The Kier molecular flexibility index (Phi) is 3.68. The smallest absolute Gasteiger partial charge is 0.145 e. The highest BCUT2D eigenvalue weighted by molar-refractivity contribution is 5.82. The molecule has 0 saturated carbocycles. The van der Waals surface area contributed by atoms with Crippen molar-refractivity contribution in [2.75, 3.05) is 19.0 Å². The fourth-order valence-corrected chi connectivity index (χ4v) is 2.01. The minimum atomic E-state index is -0.282. The van der Waals surface area contributed by atoms with Crippen molar-refractivity contribution in [1.82, 2.24) is 4.98 Å². The van der Waals surface area contributed by atoms with Gasteiger partial charge in [-0.1, -0.05) is 18.2 Å². The number of benzene rings is 1. The highest BCUT2D eigenvalue weighted by Gasteiger charge is 2.19. The molecule has 1 aromatic heterocycles. The number of ether oxygens (including phenoxy) is 1. The summed E-state index contributed by atoms with van der Waals surface area (Å²) < 4.78 is 5.17. The number of anilines is 1. The zero-order valence-electron chi connectivity index (χ0n) is 11.4. The van der Waals surface area contributed by atoms with Crippen LogP contribution < -0.4 is 5.32 Å². The van der Waals surface area contributed by atoms with Gasteiger partial charge in [0, 0.05) is 12.5 Å². The van der Waals surface area contributed by atoms with E-state index in [1.54, 1.807) is 7.11 Å². The van der Waals surface area contributed by atoms with Gasteiger partial charge >= 0.3 is 0 Å². The van der Waals surface area contributed by atoms with E-state index in [4.69, 9.17) is 4.74 Å². The van der Waals surface area contributed by atoms with E-state index < -0.39 is 0 Å². The van der Waals surface area contributed by atoms with Crippen LogP contribution in [-0.4, -0.2) is 24.2 Å². The zero-order valence-corrected chi connectivity index (χ0v) is 11.4. The number of rotatable bonds is 4.